The second-order valence-electron chi connectivity index (χ2n) is 5.66. The topological polar surface area (TPSA) is 40.5 Å². The zero-order chi connectivity index (χ0) is 14.5. The molecule has 2 unspecified atom stereocenters. The summed E-state index contributed by atoms with van der Waals surface area (Å²) in [6, 6.07) is 8.29. The predicted octanol–water partition coefficient (Wildman–Crippen LogP) is 3.91. The van der Waals surface area contributed by atoms with Gasteiger partial charge in [0.05, 0.1) is 5.92 Å². The first-order valence-electron chi connectivity index (χ1n) is 7.26. The standard InChI is InChI=1S/C16H22BrNO2/c1-18(11-12-7-5-6-9-14(12)17)15-10-4-2-3-8-13(15)16(19)20/h5-7,9,13,15H,2-4,8,10-11H2,1H3,(H,19,20). The van der Waals surface area contributed by atoms with E-state index in [1.54, 1.807) is 0 Å². The smallest absolute Gasteiger partial charge is 0.308 e. The summed E-state index contributed by atoms with van der Waals surface area (Å²) >= 11 is 3.57. The minimum atomic E-state index is -0.643. The number of carboxylic acid groups (broad SMARTS) is 1. The Morgan fingerprint density at radius 3 is 2.70 bits per heavy atom. The molecule has 0 spiro atoms. The van der Waals surface area contributed by atoms with Crippen LogP contribution in [0.5, 0.6) is 0 Å². The molecule has 0 bridgehead atoms. The van der Waals surface area contributed by atoms with Crippen molar-refractivity contribution in [3.05, 3.63) is 34.3 Å². The van der Waals surface area contributed by atoms with Crippen LogP contribution in [0.1, 0.15) is 37.7 Å². The van der Waals surface area contributed by atoms with Gasteiger partial charge in [-0.3, -0.25) is 9.69 Å². The van der Waals surface area contributed by atoms with E-state index in [4.69, 9.17) is 0 Å². The Bertz CT molecular complexity index is 464. The molecule has 1 N–H and O–H groups in total. The predicted molar refractivity (Wildman–Crippen MR) is 83.6 cm³/mol. The van der Waals surface area contributed by atoms with Crippen LogP contribution in [0.15, 0.2) is 28.7 Å². The number of aliphatic carboxylic acids is 1. The Balaban J connectivity index is 2.11. The van der Waals surface area contributed by atoms with Gasteiger partial charge in [0.1, 0.15) is 0 Å². The molecule has 1 aliphatic rings. The Labute approximate surface area is 129 Å². The van der Waals surface area contributed by atoms with Crippen LogP contribution < -0.4 is 0 Å². The summed E-state index contributed by atoms with van der Waals surface area (Å²) in [6.07, 6.45) is 5.12. The van der Waals surface area contributed by atoms with Crippen molar-refractivity contribution in [2.75, 3.05) is 7.05 Å². The lowest BCUT2D eigenvalue weighted by molar-refractivity contribution is -0.144. The minimum absolute atomic E-state index is 0.141. The molecular weight excluding hydrogens is 318 g/mol. The molecule has 1 fully saturated rings. The van der Waals surface area contributed by atoms with Crippen LogP contribution in [0.4, 0.5) is 0 Å². The number of halogens is 1. The highest BCUT2D eigenvalue weighted by Crippen LogP contribution is 2.29. The molecule has 1 saturated carbocycles. The molecule has 2 rings (SSSR count). The molecule has 20 heavy (non-hydrogen) atoms. The molecule has 1 aromatic carbocycles. The summed E-state index contributed by atoms with van der Waals surface area (Å²) in [5.41, 5.74) is 1.21. The van der Waals surface area contributed by atoms with E-state index in [2.05, 4.69) is 26.9 Å². The fraction of sp³-hybridized carbons (Fsp3) is 0.562. The van der Waals surface area contributed by atoms with E-state index in [1.165, 1.54) is 5.56 Å². The number of hydrogen-bond acceptors (Lipinski definition) is 2. The maximum Gasteiger partial charge on any atom is 0.308 e. The van der Waals surface area contributed by atoms with Gasteiger partial charge >= 0.3 is 5.97 Å². The first kappa shape index (κ1) is 15.5. The highest BCUT2D eigenvalue weighted by atomic mass is 79.9. The van der Waals surface area contributed by atoms with Crippen LogP contribution in [0.2, 0.25) is 0 Å². The molecule has 0 amide bonds. The Morgan fingerprint density at radius 2 is 2.00 bits per heavy atom. The van der Waals surface area contributed by atoms with E-state index in [0.717, 1.165) is 43.1 Å². The minimum Gasteiger partial charge on any atom is -0.481 e. The molecule has 2 atom stereocenters. The van der Waals surface area contributed by atoms with Crippen LogP contribution in [-0.2, 0) is 11.3 Å². The highest BCUT2D eigenvalue weighted by Gasteiger charge is 2.32. The Kier molecular flexibility index (Phi) is 5.61. The number of carbonyl (C=O) groups is 1. The molecule has 0 radical (unpaired) electrons. The maximum absolute atomic E-state index is 11.5. The van der Waals surface area contributed by atoms with E-state index >= 15 is 0 Å². The van der Waals surface area contributed by atoms with Gasteiger partial charge in [-0.05, 0) is 31.5 Å². The van der Waals surface area contributed by atoms with E-state index in [1.807, 2.05) is 25.2 Å². The molecule has 3 nitrogen and oxygen atoms in total. The normalized spacial score (nSPS) is 23.6. The van der Waals surface area contributed by atoms with Gasteiger partial charge in [0.15, 0.2) is 0 Å². The van der Waals surface area contributed by atoms with Gasteiger partial charge in [-0.1, -0.05) is 53.4 Å². The summed E-state index contributed by atoms with van der Waals surface area (Å²) in [5.74, 6) is -0.874. The summed E-state index contributed by atoms with van der Waals surface area (Å²) < 4.78 is 1.09. The fourth-order valence-corrected chi connectivity index (χ4v) is 3.53. The summed E-state index contributed by atoms with van der Waals surface area (Å²) in [5, 5.41) is 9.47. The van der Waals surface area contributed by atoms with Gasteiger partial charge in [0, 0.05) is 17.1 Å². The molecule has 0 aromatic heterocycles. The summed E-state index contributed by atoms with van der Waals surface area (Å²) in [4.78, 5) is 13.7. The first-order valence-corrected chi connectivity index (χ1v) is 8.05. The van der Waals surface area contributed by atoms with Crippen molar-refractivity contribution >= 4 is 21.9 Å². The number of rotatable bonds is 4. The van der Waals surface area contributed by atoms with Crippen molar-refractivity contribution in [3.8, 4) is 0 Å². The molecular formula is C16H22BrNO2. The molecule has 4 heteroatoms. The molecule has 110 valence electrons. The highest BCUT2D eigenvalue weighted by molar-refractivity contribution is 9.10. The molecule has 1 aromatic rings. The number of hydrogen-bond donors (Lipinski definition) is 1. The number of nitrogens with zero attached hydrogens (tertiary/aromatic N) is 1. The van der Waals surface area contributed by atoms with E-state index in [-0.39, 0.29) is 12.0 Å². The van der Waals surface area contributed by atoms with Crippen LogP contribution in [0.3, 0.4) is 0 Å². The lowest BCUT2D eigenvalue weighted by Crippen LogP contribution is -2.40. The van der Waals surface area contributed by atoms with Crippen molar-refractivity contribution < 1.29 is 9.90 Å². The molecule has 0 aliphatic heterocycles. The van der Waals surface area contributed by atoms with E-state index in [9.17, 15) is 9.90 Å². The molecule has 0 saturated heterocycles. The second kappa shape index (κ2) is 7.23. The van der Waals surface area contributed by atoms with Crippen molar-refractivity contribution in [1.29, 1.82) is 0 Å². The van der Waals surface area contributed by atoms with Gasteiger partial charge in [0.2, 0.25) is 0 Å². The lowest BCUT2D eigenvalue weighted by Gasteiger charge is -2.31. The van der Waals surface area contributed by atoms with Crippen LogP contribution in [0.25, 0.3) is 0 Å². The third-order valence-corrected chi connectivity index (χ3v) is 5.01. The third-order valence-electron chi connectivity index (χ3n) is 4.24. The van der Waals surface area contributed by atoms with Crippen molar-refractivity contribution in [1.82, 2.24) is 4.90 Å². The number of benzene rings is 1. The van der Waals surface area contributed by atoms with Crippen LogP contribution >= 0.6 is 15.9 Å². The van der Waals surface area contributed by atoms with Crippen molar-refractivity contribution in [2.45, 2.75) is 44.7 Å². The van der Waals surface area contributed by atoms with Crippen molar-refractivity contribution in [3.63, 3.8) is 0 Å². The third kappa shape index (κ3) is 3.83. The summed E-state index contributed by atoms with van der Waals surface area (Å²) in [6.45, 7) is 0.788. The van der Waals surface area contributed by atoms with Gasteiger partial charge in [-0.15, -0.1) is 0 Å². The largest absolute Gasteiger partial charge is 0.481 e. The average Bonchev–Trinajstić information content (AvgIpc) is 2.67. The average molecular weight is 340 g/mol. The zero-order valence-electron chi connectivity index (χ0n) is 11.9. The van der Waals surface area contributed by atoms with Gasteiger partial charge < -0.3 is 5.11 Å². The van der Waals surface area contributed by atoms with Gasteiger partial charge in [-0.25, -0.2) is 0 Å². The Morgan fingerprint density at radius 1 is 1.30 bits per heavy atom. The maximum atomic E-state index is 11.5. The van der Waals surface area contributed by atoms with Gasteiger partial charge in [-0.2, -0.15) is 0 Å². The quantitative estimate of drug-likeness (QED) is 0.845. The summed E-state index contributed by atoms with van der Waals surface area (Å²) in [7, 11) is 2.05. The van der Waals surface area contributed by atoms with Crippen molar-refractivity contribution in [2.24, 2.45) is 5.92 Å². The molecule has 0 heterocycles. The fourth-order valence-electron chi connectivity index (χ4n) is 3.12. The monoisotopic (exact) mass is 339 g/mol. The van der Waals surface area contributed by atoms with E-state index in [0.29, 0.717) is 0 Å². The number of carboxylic acids is 1. The zero-order valence-corrected chi connectivity index (χ0v) is 13.5. The SMILES string of the molecule is CN(Cc1ccccc1Br)C1CCCCCC1C(=O)O. The van der Waals surface area contributed by atoms with E-state index < -0.39 is 5.97 Å². The van der Waals surface area contributed by atoms with Crippen LogP contribution in [0, 0.1) is 5.92 Å². The molecule has 1 aliphatic carbocycles. The lowest BCUT2D eigenvalue weighted by atomic mass is 9.93. The second-order valence-corrected chi connectivity index (χ2v) is 6.51. The Hall–Kier alpha value is -0.870. The van der Waals surface area contributed by atoms with Gasteiger partial charge in [0.25, 0.3) is 0 Å². The van der Waals surface area contributed by atoms with Crippen LogP contribution in [-0.4, -0.2) is 29.1 Å². The first-order chi connectivity index (χ1) is 9.59.